The molecule has 1 N–H and O–H groups in total. The first-order chi connectivity index (χ1) is 14.6. The average Bonchev–Trinajstić information content (AvgIpc) is 3.46. The molecule has 1 aromatic carbocycles. The molecule has 1 amide bonds. The highest BCUT2D eigenvalue weighted by Crippen LogP contribution is 2.34. The summed E-state index contributed by atoms with van der Waals surface area (Å²) in [5, 5.41) is 4.37. The van der Waals surface area contributed by atoms with Gasteiger partial charge in [0, 0.05) is 24.2 Å². The molecular weight excluding hydrogens is 400 g/mol. The molecule has 5 rings (SSSR count). The van der Waals surface area contributed by atoms with Gasteiger partial charge in [-0.3, -0.25) is 24.2 Å². The van der Waals surface area contributed by atoms with Crippen molar-refractivity contribution in [3.8, 4) is 0 Å². The number of guanidine groups is 1. The lowest BCUT2D eigenvalue weighted by Gasteiger charge is -2.32. The highest BCUT2D eigenvalue weighted by Gasteiger charge is 2.41. The Hall–Kier alpha value is -2.54. The average molecular weight is 427 g/mol. The first kappa shape index (κ1) is 19.4. The van der Waals surface area contributed by atoms with E-state index in [1.807, 2.05) is 30.5 Å². The molecule has 0 radical (unpaired) electrons. The fourth-order valence-corrected chi connectivity index (χ4v) is 4.85. The lowest BCUT2D eigenvalue weighted by molar-refractivity contribution is 0.0836. The SMILES string of the molecule is CCN1C(=O)c2c(nc(NC3CCCC3)n2Cc2ccc(C)c(Cl)c2)N2CCN=C12. The summed E-state index contributed by atoms with van der Waals surface area (Å²) in [6.45, 7) is 6.55. The number of halogens is 1. The van der Waals surface area contributed by atoms with Gasteiger partial charge in [-0.25, -0.2) is 0 Å². The smallest absolute Gasteiger partial charge is 0.281 e. The molecule has 0 unspecified atom stereocenters. The zero-order valence-electron chi connectivity index (χ0n) is 17.5. The number of fused-ring (bicyclic) bond motifs is 3. The number of benzene rings is 1. The molecular formula is C22H27ClN6O. The van der Waals surface area contributed by atoms with Crippen LogP contribution in [0.25, 0.3) is 0 Å². The summed E-state index contributed by atoms with van der Waals surface area (Å²) in [5.74, 6) is 2.18. The van der Waals surface area contributed by atoms with E-state index in [4.69, 9.17) is 16.6 Å². The molecule has 8 heteroatoms. The third-order valence-corrected chi connectivity index (χ3v) is 6.70. The summed E-state index contributed by atoms with van der Waals surface area (Å²) in [7, 11) is 0. The van der Waals surface area contributed by atoms with E-state index < -0.39 is 0 Å². The Morgan fingerprint density at radius 2 is 2.07 bits per heavy atom. The van der Waals surface area contributed by atoms with Gasteiger partial charge in [-0.05, 0) is 43.9 Å². The molecule has 0 bridgehead atoms. The van der Waals surface area contributed by atoms with Crippen molar-refractivity contribution in [2.24, 2.45) is 4.99 Å². The zero-order valence-corrected chi connectivity index (χ0v) is 18.2. The van der Waals surface area contributed by atoms with Gasteiger partial charge < -0.3 is 5.32 Å². The third-order valence-electron chi connectivity index (χ3n) is 6.29. The van der Waals surface area contributed by atoms with Gasteiger partial charge in [0.15, 0.2) is 11.5 Å². The number of nitrogens with one attached hydrogen (secondary N) is 1. The van der Waals surface area contributed by atoms with E-state index in [1.54, 1.807) is 4.90 Å². The van der Waals surface area contributed by atoms with E-state index >= 15 is 0 Å². The molecule has 30 heavy (non-hydrogen) atoms. The molecule has 0 saturated heterocycles. The second-order valence-electron chi connectivity index (χ2n) is 8.29. The Morgan fingerprint density at radius 1 is 1.27 bits per heavy atom. The predicted octanol–water partition coefficient (Wildman–Crippen LogP) is 3.90. The molecule has 3 heterocycles. The minimum atomic E-state index is -0.0328. The van der Waals surface area contributed by atoms with E-state index in [-0.39, 0.29) is 5.91 Å². The number of anilines is 2. The number of amides is 1. The normalized spacial score (nSPS) is 18.6. The number of hydrogen-bond donors (Lipinski definition) is 1. The van der Waals surface area contributed by atoms with Crippen LogP contribution in [0.3, 0.4) is 0 Å². The number of carbonyl (C=O) groups is 1. The van der Waals surface area contributed by atoms with Crippen LogP contribution >= 0.6 is 11.6 Å². The van der Waals surface area contributed by atoms with Crippen molar-refractivity contribution in [3.05, 3.63) is 40.0 Å². The standard InChI is InChI=1S/C22H27ClN6O/c1-3-27-20(30)18-19(28-11-10-24-22(27)28)26-21(25-16-6-4-5-7-16)29(18)13-15-9-8-14(2)17(23)12-15/h8-9,12,16H,3-7,10-11,13H2,1-2H3,(H,25,26). The van der Waals surface area contributed by atoms with Crippen LogP contribution in [0.1, 0.15) is 54.2 Å². The Bertz CT molecular complexity index is 1020. The molecule has 1 saturated carbocycles. The molecule has 2 aliphatic heterocycles. The number of aromatic nitrogens is 2. The van der Waals surface area contributed by atoms with Crippen LogP contribution < -0.4 is 10.2 Å². The lowest BCUT2D eigenvalue weighted by atomic mass is 10.1. The molecule has 0 atom stereocenters. The summed E-state index contributed by atoms with van der Waals surface area (Å²) in [5.41, 5.74) is 2.73. The first-order valence-corrected chi connectivity index (χ1v) is 11.2. The predicted molar refractivity (Wildman–Crippen MR) is 120 cm³/mol. The van der Waals surface area contributed by atoms with E-state index in [0.29, 0.717) is 31.4 Å². The van der Waals surface area contributed by atoms with Crippen LogP contribution in [0.5, 0.6) is 0 Å². The first-order valence-electron chi connectivity index (χ1n) is 10.8. The molecule has 1 aromatic heterocycles. The highest BCUT2D eigenvalue weighted by molar-refractivity contribution is 6.31. The Kier molecular flexibility index (Phi) is 4.93. The van der Waals surface area contributed by atoms with Crippen LogP contribution in [0.4, 0.5) is 11.8 Å². The second kappa shape index (κ2) is 7.61. The quantitative estimate of drug-likeness (QED) is 0.787. The van der Waals surface area contributed by atoms with E-state index in [1.165, 1.54) is 12.8 Å². The third kappa shape index (κ3) is 3.16. The summed E-state index contributed by atoms with van der Waals surface area (Å²) in [4.78, 5) is 26.8. The van der Waals surface area contributed by atoms with E-state index in [9.17, 15) is 4.79 Å². The largest absolute Gasteiger partial charge is 0.353 e. The van der Waals surface area contributed by atoms with Gasteiger partial charge in [0.2, 0.25) is 11.9 Å². The van der Waals surface area contributed by atoms with Crippen molar-refractivity contribution in [1.82, 2.24) is 14.5 Å². The molecule has 1 fully saturated rings. The minimum absolute atomic E-state index is 0.0328. The van der Waals surface area contributed by atoms with Gasteiger partial charge in [-0.1, -0.05) is 36.6 Å². The van der Waals surface area contributed by atoms with Crippen molar-refractivity contribution in [1.29, 1.82) is 0 Å². The molecule has 158 valence electrons. The Morgan fingerprint density at radius 3 is 2.80 bits per heavy atom. The van der Waals surface area contributed by atoms with Crippen molar-refractivity contribution in [2.45, 2.75) is 52.1 Å². The van der Waals surface area contributed by atoms with Gasteiger partial charge >= 0.3 is 0 Å². The fourth-order valence-electron chi connectivity index (χ4n) is 4.64. The number of carbonyl (C=O) groups excluding carboxylic acids is 1. The van der Waals surface area contributed by atoms with Crippen LogP contribution in [0.15, 0.2) is 23.2 Å². The Labute approximate surface area is 181 Å². The number of imidazole rings is 1. The molecule has 7 nitrogen and oxygen atoms in total. The maximum Gasteiger partial charge on any atom is 0.281 e. The van der Waals surface area contributed by atoms with Crippen LogP contribution in [-0.2, 0) is 6.54 Å². The number of rotatable bonds is 5. The number of aliphatic imine (C=N–C) groups is 1. The number of hydrogen-bond acceptors (Lipinski definition) is 5. The monoisotopic (exact) mass is 426 g/mol. The zero-order chi connectivity index (χ0) is 20.8. The van der Waals surface area contributed by atoms with Crippen molar-refractivity contribution >= 4 is 35.2 Å². The highest BCUT2D eigenvalue weighted by atomic mass is 35.5. The van der Waals surface area contributed by atoms with Gasteiger partial charge in [0.05, 0.1) is 13.1 Å². The maximum absolute atomic E-state index is 13.5. The van der Waals surface area contributed by atoms with E-state index in [2.05, 4.69) is 21.3 Å². The van der Waals surface area contributed by atoms with E-state index in [0.717, 1.165) is 53.3 Å². The lowest BCUT2D eigenvalue weighted by Crippen LogP contribution is -2.50. The summed E-state index contributed by atoms with van der Waals surface area (Å²) < 4.78 is 2.04. The molecule has 0 spiro atoms. The topological polar surface area (TPSA) is 65.8 Å². The van der Waals surface area contributed by atoms with Crippen LogP contribution in [-0.4, -0.2) is 52.0 Å². The summed E-state index contributed by atoms with van der Waals surface area (Å²) >= 11 is 6.38. The van der Waals surface area contributed by atoms with Crippen LogP contribution in [0, 0.1) is 6.92 Å². The second-order valence-corrected chi connectivity index (χ2v) is 8.69. The van der Waals surface area contributed by atoms with Gasteiger partial charge in [-0.15, -0.1) is 0 Å². The number of aryl methyl sites for hydroxylation is 1. The Balaban J connectivity index is 1.60. The summed E-state index contributed by atoms with van der Waals surface area (Å²) in [6.07, 6.45) is 4.74. The van der Waals surface area contributed by atoms with Gasteiger partial charge in [0.25, 0.3) is 5.91 Å². The van der Waals surface area contributed by atoms with Crippen molar-refractivity contribution in [2.75, 3.05) is 29.9 Å². The molecule has 3 aliphatic rings. The number of nitrogens with zero attached hydrogens (tertiary/aromatic N) is 5. The van der Waals surface area contributed by atoms with Gasteiger partial charge in [-0.2, -0.15) is 4.98 Å². The summed E-state index contributed by atoms with van der Waals surface area (Å²) in [6, 6.07) is 6.48. The minimum Gasteiger partial charge on any atom is -0.353 e. The van der Waals surface area contributed by atoms with Crippen LogP contribution in [0.2, 0.25) is 5.02 Å². The van der Waals surface area contributed by atoms with Crippen molar-refractivity contribution in [3.63, 3.8) is 0 Å². The molecule has 2 aromatic rings. The van der Waals surface area contributed by atoms with Gasteiger partial charge in [0.1, 0.15) is 0 Å². The fraction of sp³-hybridized carbons (Fsp3) is 0.500. The maximum atomic E-state index is 13.5. The molecule has 1 aliphatic carbocycles. The van der Waals surface area contributed by atoms with Crippen molar-refractivity contribution < 1.29 is 4.79 Å².